The summed E-state index contributed by atoms with van der Waals surface area (Å²) in [5.41, 5.74) is 4.75. The summed E-state index contributed by atoms with van der Waals surface area (Å²) in [5.74, 6) is 6.22. The molecular weight excluding hydrogens is 218 g/mol. The van der Waals surface area contributed by atoms with E-state index in [1.165, 1.54) is 4.80 Å². The van der Waals surface area contributed by atoms with Crippen molar-refractivity contribution >= 4 is 0 Å². The van der Waals surface area contributed by atoms with E-state index in [1.54, 1.807) is 13.2 Å². The fourth-order valence-corrected chi connectivity index (χ4v) is 1.71. The van der Waals surface area contributed by atoms with E-state index >= 15 is 0 Å². The zero-order valence-electron chi connectivity index (χ0n) is 9.83. The van der Waals surface area contributed by atoms with Gasteiger partial charge in [0, 0.05) is 18.3 Å². The Hall–Kier alpha value is -1.86. The van der Waals surface area contributed by atoms with Crippen LogP contribution in [0.15, 0.2) is 18.3 Å². The van der Waals surface area contributed by atoms with Gasteiger partial charge in [0.1, 0.15) is 0 Å². The van der Waals surface area contributed by atoms with Crippen molar-refractivity contribution in [2.45, 2.75) is 19.4 Å². The topological polar surface area (TPSA) is 94.5 Å². The maximum atomic E-state index is 5.57. The van der Waals surface area contributed by atoms with Gasteiger partial charge in [-0.05, 0) is 23.8 Å². The first-order valence-electron chi connectivity index (χ1n) is 5.31. The number of hydrogen-bond acceptors (Lipinski definition) is 6. The number of hydrazine groups is 1. The van der Waals surface area contributed by atoms with Gasteiger partial charge in [-0.1, -0.05) is 6.07 Å². The van der Waals surface area contributed by atoms with Gasteiger partial charge in [0.05, 0.1) is 13.1 Å². The lowest BCUT2D eigenvalue weighted by atomic mass is 10.0. The Bertz CT molecular complexity index is 493. The summed E-state index contributed by atoms with van der Waals surface area (Å²) in [6.45, 7) is 1.95. The summed E-state index contributed by atoms with van der Waals surface area (Å²) in [6, 6.07) is 3.81. The number of aromatic nitrogens is 5. The van der Waals surface area contributed by atoms with Gasteiger partial charge < -0.3 is 0 Å². The first-order valence-corrected chi connectivity index (χ1v) is 5.31. The van der Waals surface area contributed by atoms with E-state index in [4.69, 9.17) is 5.84 Å². The highest BCUT2D eigenvalue weighted by atomic mass is 15.6. The van der Waals surface area contributed by atoms with Gasteiger partial charge in [0.25, 0.3) is 0 Å². The highest BCUT2D eigenvalue weighted by Gasteiger charge is 2.15. The number of nitrogens with one attached hydrogen (secondary N) is 1. The smallest absolute Gasteiger partial charge is 0.176 e. The van der Waals surface area contributed by atoms with Crippen molar-refractivity contribution in [2.24, 2.45) is 12.9 Å². The molecule has 1 unspecified atom stereocenters. The number of tetrazole rings is 1. The lowest BCUT2D eigenvalue weighted by Gasteiger charge is -2.15. The summed E-state index contributed by atoms with van der Waals surface area (Å²) in [7, 11) is 1.73. The van der Waals surface area contributed by atoms with Crippen LogP contribution in [0.25, 0.3) is 0 Å². The quantitative estimate of drug-likeness (QED) is 0.554. The molecular formula is C10H15N7. The second-order valence-corrected chi connectivity index (χ2v) is 3.80. The molecule has 2 aromatic heterocycles. The Morgan fingerprint density at radius 3 is 2.94 bits per heavy atom. The van der Waals surface area contributed by atoms with Crippen molar-refractivity contribution in [3.05, 3.63) is 35.4 Å². The molecule has 17 heavy (non-hydrogen) atoms. The Labute approximate surface area is 99.0 Å². The van der Waals surface area contributed by atoms with Crippen LogP contribution in [0.4, 0.5) is 0 Å². The van der Waals surface area contributed by atoms with Crippen molar-refractivity contribution in [3.8, 4) is 0 Å². The van der Waals surface area contributed by atoms with Crippen LogP contribution in [0, 0.1) is 6.92 Å². The molecule has 0 aliphatic rings. The van der Waals surface area contributed by atoms with E-state index in [0.717, 1.165) is 11.3 Å². The zero-order chi connectivity index (χ0) is 12.3. The average molecular weight is 233 g/mol. The molecule has 1 atom stereocenters. The molecule has 7 nitrogen and oxygen atoms in total. The fourth-order valence-electron chi connectivity index (χ4n) is 1.71. The van der Waals surface area contributed by atoms with E-state index in [-0.39, 0.29) is 6.04 Å². The molecule has 2 rings (SSSR count). The maximum Gasteiger partial charge on any atom is 0.176 e. The molecule has 0 radical (unpaired) electrons. The van der Waals surface area contributed by atoms with Crippen LogP contribution in [0.2, 0.25) is 0 Å². The van der Waals surface area contributed by atoms with Crippen molar-refractivity contribution in [1.29, 1.82) is 0 Å². The third-order valence-corrected chi connectivity index (χ3v) is 2.56. The SMILES string of the molecule is Cc1ncccc1C(Cc1nnn(C)n1)NN. The van der Waals surface area contributed by atoms with Crippen LogP contribution >= 0.6 is 0 Å². The number of nitrogens with zero attached hydrogens (tertiary/aromatic N) is 5. The predicted molar refractivity (Wildman–Crippen MR) is 61.5 cm³/mol. The maximum absolute atomic E-state index is 5.57. The van der Waals surface area contributed by atoms with Crippen LogP contribution in [0.5, 0.6) is 0 Å². The van der Waals surface area contributed by atoms with Crippen molar-refractivity contribution in [2.75, 3.05) is 0 Å². The van der Waals surface area contributed by atoms with Gasteiger partial charge in [0.15, 0.2) is 5.82 Å². The Kier molecular flexibility index (Phi) is 3.40. The minimum atomic E-state index is -0.0621. The van der Waals surface area contributed by atoms with Gasteiger partial charge in [-0.2, -0.15) is 4.80 Å². The predicted octanol–water partition coefficient (Wildman–Crippen LogP) is -0.339. The van der Waals surface area contributed by atoms with Crippen molar-refractivity contribution in [1.82, 2.24) is 30.6 Å². The molecule has 0 aliphatic heterocycles. The molecule has 0 spiro atoms. The molecule has 7 heteroatoms. The third kappa shape index (κ3) is 2.63. The van der Waals surface area contributed by atoms with Crippen LogP contribution < -0.4 is 11.3 Å². The first-order chi connectivity index (χ1) is 8.20. The van der Waals surface area contributed by atoms with Crippen LogP contribution in [-0.2, 0) is 13.5 Å². The van der Waals surface area contributed by atoms with Gasteiger partial charge in [-0.25, -0.2) is 0 Å². The Morgan fingerprint density at radius 2 is 2.35 bits per heavy atom. The molecule has 0 bridgehead atoms. The van der Waals surface area contributed by atoms with Crippen molar-refractivity contribution < 1.29 is 0 Å². The van der Waals surface area contributed by atoms with Crippen LogP contribution in [-0.4, -0.2) is 25.2 Å². The standard InChI is InChI=1S/C10H15N7/c1-7-8(4-3-5-12-7)9(13-11)6-10-14-16-17(2)15-10/h3-5,9,13H,6,11H2,1-2H3. The lowest BCUT2D eigenvalue weighted by molar-refractivity contribution is 0.532. The largest absolute Gasteiger partial charge is 0.271 e. The van der Waals surface area contributed by atoms with Crippen LogP contribution in [0.1, 0.15) is 23.1 Å². The normalized spacial score (nSPS) is 12.6. The van der Waals surface area contributed by atoms with E-state index in [0.29, 0.717) is 12.2 Å². The summed E-state index contributed by atoms with van der Waals surface area (Å²) >= 11 is 0. The number of hydrogen-bond donors (Lipinski definition) is 2. The molecule has 2 heterocycles. The minimum Gasteiger partial charge on any atom is -0.271 e. The molecule has 90 valence electrons. The van der Waals surface area contributed by atoms with Crippen LogP contribution in [0.3, 0.4) is 0 Å². The lowest BCUT2D eigenvalue weighted by Crippen LogP contribution is -2.30. The molecule has 0 aromatic carbocycles. The summed E-state index contributed by atoms with van der Waals surface area (Å²) < 4.78 is 0. The minimum absolute atomic E-state index is 0.0621. The average Bonchev–Trinajstić information content (AvgIpc) is 2.73. The zero-order valence-corrected chi connectivity index (χ0v) is 9.83. The summed E-state index contributed by atoms with van der Waals surface area (Å²) in [5, 5.41) is 11.9. The molecule has 3 N–H and O–H groups in total. The molecule has 0 saturated carbocycles. The molecule has 0 amide bonds. The Morgan fingerprint density at radius 1 is 1.53 bits per heavy atom. The van der Waals surface area contributed by atoms with Crippen molar-refractivity contribution in [3.63, 3.8) is 0 Å². The summed E-state index contributed by atoms with van der Waals surface area (Å²) in [6.07, 6.45) is 2.34. The molecule has 2 aromatic rings. The number of aryl methyl sites for hydroxylation is 2. The van der Waals surface area contributed by atoms with E-state index < -0.39 is 0 Å². The molecule has 0 fully saturated rings. The number of pyridine rings is 1. The van der Waals surface area contributed by atoms with Gasteiger partial charge in [0.2, 0.25) is 0 Å². The molecule has 0 saturated heterocycles. The van der Waals surface area contributed by atoms with Gasteiger partial charge in [-0.15, -0.1) is 10.2 Å². The molecule has 0 aliphatic carbocycles. The number of rotatable bonds is 4. The van der Waals surface area contributed by atoms with E-state index in [2.05, 4.69) is 25.8 Å². The number of nitrogens with two attached hydrogens (primary N) is 1. The van der Waals surface area contributed by atoms with Gasteiger partial charge in [-0.3, -0.25) is 16.3 Å². The Balaban J connectivity index is 2.20. The third-order valence-electron chi connectivity index (χ3n) is 2.56. The van der Waals surface area contributed by atoms with E-state index in [1.807, 2.05) is 19.1 Å². The van der Waals surface area contributed by atoms with Gasteiger partial charge >= 0.3 is 0 Å². The van der Waals surface area contributed by atoms with E-state index in [9.17, 15) is 0 Å². The second kappa shape index (κ2) is 4.98. The highest BCUT2D eigenvalue weighted by Crippen LogP contribution is 2.17. The first kappa shape index (κ1) is 11.6. The summed E-state index contributed by atoms with van der Waals surface area (Å²) in [4.78, 5) is 5.67. The fraction of sp³-hybridized carbons (Fsp3) is 0.400. The second-order valence-electron chi connectivity index (χ2n) is 3.80. The highest BCUT2D eigenvalue weighted by molar-refractivity contribution is 5.23. The monoisotopic (exact) mass is 233 g/mol.